The van der Waals surface area contributed by atoms with E-state index in [1.165, 1.54) is 6.07 Å². The third-order valence-corrected chi connectivity index (χ3v) is 2.89. The molecule has 1 fully saturated rings. The summed E-state index contributed by atoms with van der Waals surface area (Å²) in [5.41, 5.74) is -0.802. The van der Waals surface area contributed by atoms with Crippen molar-refractivity contribution in [1.82, 2.24) is 5.32 Å². The average Bonchev–Trinajstić information content (AvgIpc) is 2.22. The molecule has 1 atom stereocenters. The summed E-state index contributed by atoms with van der Waals surface area (Å²) in [5.74, 6) is -0.305. The smallest absolute Gasteiger partial charge is 0.127 e. The van der Waals surface area contributed by atoms with Crippen molar-refractivity contribution in [3.63, 3.8) is 0 Å². The van der Waals surface area contributed by atoms with Crippen LogP contribution < -0.4 is 5.32 Å². The van der Waals surface area contributed by atoms with E-state index in [0.717, 1.165) is 13.0 Å². The van der Waals surface area contributed by atoms with Crippen molar-refractivity contribution in [1.29, 1.82) is 0 Å². The molecule has 0 amide bonds. The van der Waals surface area contributed by atoms with Crippen molar-refractivity contribution < 1.29 is 8.78 Å². The molecule has 1 nitrogen and oxygen atoms in total. The number of alkyl halides is 1. The Morgan fingerprint density at radius 3 is 2.80 bits per heavy atom. The lowest BCUT2D eigenvalue weighted by molar-refractivity contribution is 0.121. The molecule has 15 heavy (non-hydrogen) atoms. The van der Waals surface area contributed by atoms with Gasteiger partial charge >= 0.3 is 0 Å². The highest BCUT2D eigenvalue weighted by Gasteiger charge is 2.32. The van der Waals surface area contributed by atoms with E-state index in [-0.39, 0.29) is 12.2 Å². The van der Waals surface area contributed by atoms with E-state index < -0.39 is 5.67 Å². The monoisotopic (exact) mass is 211 g/mol. The van der Waals surface area contributed by atoms with Crippen molar-refractivity contribution in [3.8, 4) is 0 Å². The molecule has 0 spiro atoms. The summed E-state index contributed by atoms with van der Waals surface area (Å²) < 4.78 is 27.5. The Bertz CT molecular complexity index is 332. The number of hydrogen-bond donors (Lipinski definition) is 1. The first kappa shape index (κ1) is 10.6. The third-order valence-electron chi connectivity index (χ3n) is 2.89. The van der Waals surface area contributed by atoms with Gasteiger partial charge in [0.05, 0.1) is 0 Å². The summed E-state index contributed by atoms with van der Waals surface area (Å²) in [7, 11) is 0. The SMILES string of the molecule is Fc1ccccc1CC1(F)CCCNC1. The molecule has 1 aromatic rings. The minimum absolute atomic E-state index is 0.173. The van der Waals surface area contributed by atoms with Crippen LogP contribution in [0.4, 0.5) is 8.78 Å². The molecule has 0 radical (unpaired) electrons. The molecule has 1 aliphatic heterocycles. The van der Waals surface area contributed by atoms with Crippen molar-refractivity contribution in [2.45, 2.75) is 24.9 Å². The number of nitrogens with one attached hydrogen (secondary N) is 1. The lowest BCUT2D eigenvalue weighted by Gasteiger charge is -2.30. The molecule has 1 aliphatic rings. The van der Waals surface area contributed by atoms with Gasteiger partial charge in [-0.05, 0) is 31.0 Å². The summed E-state index contributed by atoms with van der Waals surface area (Å²) in [6, 6.07) is 6.42. The molecular weight excluding hydrogens is 196 g/mol. The van der Waals surface area contributed by atoms with E-state index in [9.17, 15) is 8.78 Å². The van der Waals surface area contributed by atoms with Crippen molar-refractivity contribution in [3.05, 3.63) is 35.6 Å². The molecule has 0 saturated carbocycles. The maximum absolute atomic E-state index is 14.2. The van der Waals surface area contributed by atoms with Gasteiger partial charge in [-0.2, -0.15) is 0 Å². The zero-order valence-corrected chi connectivity index (χ0v) is 8.60. The van der Waals surface area contributed by atoms with Crippen LogP contribution in [0.15, 0.2) is 24.3 Å². The van der Waals surface area contributed by atoms with E-state index in [1.54, 1.807) is 18.2 Å². The predicted molar refractivity (Wildman–Crippen MR) is 56.0 cm³/mol. The Labute approximate surface area is 88.5 Å². The predicted octanol–water partition coefficient (Wildman–Crippen LogP) is 2.46. The van der Waals surface area contributed by atoms with Gasteiger partial charge in [0.15, 0.2) is 0 Å². The molecule has 0 bridgehead atoms. The van der Waals surface area contributed by atoms with Gasteiger partial charge in [0.25, 0.3) is 0 Å². The Balaban J connectivity index is 2.10. The van der Waals surface area contributed by atoms with Crippen LogP contribution in [-0.4, -0.2) is 18.8 Å². The quantitative estimate of drug-likeness (QED) is 0.792. The van der Waals surface area contributed by atoms with E-state index in [0.29, 0.717) is 18.5 Å². The highest BCUT2D eigenvalue weighted by atomic mass is 19.1. The van der Waals surface area contributed by atoms with Crippen LogP contribution >= 0.6 is 0 Å². The lowest BCUT2D eigenvalue weighted by Crippen LogP contribution is -2.43. The van der Waals surface area contributed by atoms with Crippen molar-refractivity contribution in [2.75, 3.05) is 13.1 Å². The molecule has 0 aromatic heterocycles. The molecule has 1 saturated heterocycles. The second-order valence-electron chi connectivity index (χ2n) is 4.20. The van der Waals surface area contributed by atoms with Crippen LogP contribution in [0, 0.1) is 5.82 Å². The number of rotatable bonds is 2. The molecule has 1 heterocycles. The van der Waals surface area contributed by atoms with E-state index in [1.807, 2.05) is 0 Å². The van der Waals surface area contributed by atoms with E-state index >= 15 is 0 Å². The summed E-state index contributed by atoms with van der Waals surface area (Å²) >= 11 is 0. The van der Waals surface area contributed by atoms with Gasteiger partial charge in [0, 0.05) is 13.0 Å². The lowest BCUT2D eigenvalue weighted by atomic mass is 9.89. The van der Waals surface area contributed by atoms with Gasteiger partial charge < -0.3 is 5.32 Å². The van der Waals surface area contributed by atoms with E-state index in [4.69, 9.17) is 0 Å². The molecule has 1 unspecified atom stereocenters. The topological polar surface area (TPSA) is 12.0 Å². The van der Waals surface area contributed by atoms with Crippen molar-refractivity contribution >= 4 is 0 Å². The van der Waals surface area contributed by atoms with Crippen LogP contribution in [-0.2, 0) is 6.42 Å². The maximum atomic E-state index is 14.2. The fraction of sp³-hybridized carbons (Fsp3) is 0.500. The highest BCUT2D eigenvalue weighted by Crippen LogP contribution is 2.26. The molecule has 1 N–H and O–H groups in total. The summed E-state index contributed by atoms with van der Waals surface area (Å²) in [5, 5.41) is 3.02. The normalized spacial score (nSPS) is 26.5. The van der Waals surface area contributed by atoms with Gasteiger partial charge in [0.2, 0.25) is 0 Å². The Kier molecular flexibility index (Phi) is 3.00. The minimum Gasteiger partial charge on any atom is -0.314 e. The van der Waals surface area contributed by atoms with Gasteiger partial charge in [-0.1, -0.05) is 18.2 Å². The second-order valence-corrected chi connectivity index (χ2v) is 4.20. The number of hydrogen-bond acceptors (Lipinski definition) is 1. The third kappa shape index (κ3) is 2.53. The van der Waals surface area contributed by atoms with Crippen LogP contribution in [0.3, 0.4) is 0 Å². The van der Waals surface area contributed by atoms with Gasteiger partial charge in [-0.15, -0.1) is 0 Å². The number of halogens is 2. The Morgan fingerprint density at radius 1 is 1.33 bits per heavy atom. The maximum Gasteiger partial charge on any atom is 0.127 e. The fourth-order valence-electron chi connectivity index (χ4n) is 2.06. The van der Waals surface area contributed by atoms with Crippen LogP contribution in [0.1, 0.15) is 18.4 Å². The van der Waals surface area contributed by atoms with Gasteiger partial charge in [0.1, 0.15) is 11.5 Å². The zero-order valence-electron chi connectivity index (χ0n) is 8.60. The first-order valence-corrected chi connectivity index (χ1v) is 5.33. The average molecular weight is 211 g/mol. The summed E-state index contributed by atoms with van der Waals surface area (Å²) in [6.07, 6.45) is 1.52. The highest BCUT2D eigenvalue weighted by molar-refractivity contribution is 5.19. The fourth-order valence-corrected chi connectivity index (χ4v) is 2.06. The zero-order chi connectivity index (χ0) is 10.7. The largest absolute Gasteiger partial charge is 0.314 e. The second kappa shape index (κ2) is 4.27. The molecule has 2 rings (SSSR count). The Hall–Kier alpha value is -0.960. The first-order valence-electron chi connectivity index (χ1n) is 5.33. The molecule has 0 aliphatic carbocycles. The summed E-state index contributed by atoms with van der Waals surface area (Å²) in [4.78, 5) is 0. The van der Waals surface area contributed by atoms with Crippen LogP contribution in [0.2, 0.25) is 0 Å². The summed E-state index contributed by atoms with van der Waals surface area (Å²) in [6.45, 7) is 1.20. The molecule has 82 valence electrons. The molecular formula is C12H15F2N. The Morgan fingerprint density at radius 2 is 2.13 bits per heavy atom. The van der Waals surface area contributed by atoms with Crippen molar-refractivity contribution in [2.24, 2.45) is 0 Å². The van der Waals surface area contributed by atoms with E-state index in [2.05, 4.69) is 5.32 Å². The van der Waals surface area contributed by atoms with Crippen LogP contribution in [0.25, 0.3) is 0 Å². The number of piperidine rings is 1. The standard InChI is InChI=1S/C12H15F2N/c13-11-5-2-1-4-10(11)8-12(14)6-3-7-15-9-12/h1-2,4-5,15H,3,6-9H2. The van der Waals surface area contributed by atoms with Gasteiger partial charge in [-0.3, -0.25) is 0 Å². The minimum atomic E-state index is -1.28. The molecule has 1 aromatic carbocycles. The first-order chi connectivity index (χ1) is 7.20. The number of benzene rings is 1. The van der Waals surface area contributed by atoms with Crippen LogP contribution in [0.5, 0.6) is 0 Å². The van der Waals surface area contributed by atoms with Gasteiger partial charge in [-0.25, -0.2) is 8.78 Å². The molecule has 3 heteroatoms.